The molecule has 3 nitrogen and oxygen atoms in total. The zero-order valence-electron chi connectivity index (χ0n) is 28.8. The Morgan fingerprint density at radius 2 is 0.825 bits per heavy atom. The number of unbranched alkanes of at least 4 members (excludes halogenated alkanes) is 21. The molecule has 3 heteroatoms. The van der Waals surface area contributed by atoms with Crippen LogP contribution in [0.5, 0.6) is 0 Å². The fourth-order valence-electron chi connectivity index (χ4n) is 6.13. The maximum Gasteiger partial charge on any atom is 0.260 e. The first-order valence-corrected chi connectivity index (χ1v) is 18.4. The number of rotatable bonds is 32. The topological polar surface area (TPSA) is 26.3 Å². The van der Waals surface area contributed by atoms with E-state index in [0.717, 1.165) is 49.9 Å². The van der Waals surface area contributed by atoms with Crippen molar-refractivity contribution in [2.24, 2.45) is 0 Å². The molecule has 0 saturated carbocycles. The Morgan fingerprint density at radius 3 is 1.20 bits per heavy atom. The Kier molecular flexibility index (Phi) is 27.1. The van der Waals surface area contributed by atoms with E-state index >= 15 is 0 Å². The monoisotopic (exact) mass is 567 g/mol. The molecule has 0 aromatic heterocycles. The van der Waals surface area contributed by atoms with E-state index in [4.69, 9.17) is 4.74 Å². The summed E-state index contributed by atoms with van der Waals surface area (Å²) in [5.74, 6) is 0.351. The number of hydrogen-bond donors (Lipinski definition) is 0. The number of likely N-dealkylation sites (N-methyl/N-ethyl adjacent to an activating group) is 1. The second-order valence-corrected chi connectivity index (χ2v) is 13.3. The second kappa shape index (κ2) is 27.4. The van der Waals surface area contributed by atoms with Crippen LogP contribution in [0.1, 0.15) is 202 Å². The van der Waals surface area contributed by atoms with Gasteiger partial charge in [0.05, 0.1) is 26.7 Å². The molecule has 0 aromatic rings. The number of Topliss-reactive ketones (excluding diaryl/α,β-unsaturated/α-hetero) is 1. The fraction of sp³-hybridized carbons (Fsp3) is 0.973. The Bertz CT molecular complexity index is 540. The lowest BCUT2D eigenvalue weighted by Gasteiger charge is -2.48. The third kappa shape index (κ3) is 18.9. The van der Waals surface area contributed by atoms with E-state index in [0.29, 0.717) is 12.2 Å². The highest BCUT2D eigenvalue weighted by Gasteiger charge is 2.50. The van der Waals surface area contributed by atoms with Crippen molar-refractivity contribution in [3.05, 3.63) is 0 Å². The molecule has 0 radical (unpaired) electrons. The first kappa shape index (κ1) is 39.6. The van der Waals surface area contributed by atoms with Gasteiger partial charge >= 0.3 is 0 Å². The molecule has 0 aromatic carbocycles. The molecule has 0 spiro atoms. The van der Waals surface area contributed by atoms with E-state index in [-0.39, 0.29) is 0 Å². The van der Waals surface area contributed by atoms with Gasteiger partial charge in [-0.05, 0) is 25.7 Å². The van der Waals surface area contributed by atoms with Crippen molar-refractivity contribution in [1.29, 1.82) is 0 Å². The highest BCUT2D eigenvalue weighted by molar-refractivity contribution is 5.85. The van der Waals surface area contributed by atoms with E-state index in [2.05, 4.69) is 41.7 Å². The highest BCUT2D eigenvalue weighted by Crippen LogP contribution is 2.30. The molecular formula is C37H76NO2+. The summed E-state index contributed by atoms with van der Waals surface area (Å²) in [6.45, 7) is 14.0. The van der Waals surface area contributed by atoms with Gasteiger partial charge in [0.2, 0.25) is 5.78 Å². The Labute approximate surface area is 253 Å². The van der Waals surface area contributed by atoms with Crippen LogP contribution in [0.3, 0.4) is 0 Å². The molecule has 0 saturated heterocycles. The van der Waals surface area contributed by atoms with Gasteiger partial charge in [-0.3, -0.25) is 9.28 Å². The van der Waals surface area contributed by atoms with Crippen LogP contribution in [-0.2, 0) is 9.53 Å². The number of quaternary nitrogens is 1. The molecule has 1 atom stereocenters. The third-order valence-corrected chi connectivity index (χ3v) is 9.45. The van der Waals surface area contributed by atoms with Crippen LogP contribution in [0, 0.1) is 0 Å². The zero-order chi connectivity index (χ0) is 29.8. The molecule has 0 aliphatic rings. The maximum atomic E-state index is 13.9. The van der Waals surface area contributed by atoms with Crippen LogP contribution >= 0.6 is 0 Å². The average molecular weight is 567 g/mol. The van der Waals surface area contributed by atoms with Gasteiger partial charge in [0.15, 0.2) is 0 Å². The van der Waals surface area contributed by atoms with Crippen molar-refractivity contribution in [3.63, 3.8) is 0 Å². The summed E-state index contributed by atoms with van der Waals surface area (Å²) >= 11 is 0. The van der Waals surface area contributed by atoms with Gasteiger partial charge in [-0.2, -0.15) is 0 Å². The molecule has 0 rings (SSSR count). The first-order valence-electron chi connectivity index (χ1n) is 18.4. The number of nitrogens with zero attached hydrogens (tertiary/aromatic N) is 1. The lowest BCUT2D eigenvalue weighted by atomic mass is 9.97. The predicted molar refractivity (Wildman–Crippen MR) is 178 cm³/mol. The summed E-state index contributed by atoms with van der Waals surface area (Å²) in [6.07, 6.45) is 33.1. The minimum absolute atomic E-state index is 0.351. The molecule has 0 heterocycles. The van der Waals surface area contributed by atoms with Crippen LogP contribution in [0.15, 0.2) is 0 Å². The van der Waals surface area contributed by atoms with Crippen LogP contribution in [0.25, 0.3) is 0 Å². The normalized spacial score (nSPS) is 13.6. The maximum absolute atomic E-state index is 13.9. The molecule has 0 aliphatic heterocycles. The first-order chi connectivity index (χ1) is 19.4. The Morgan fingerprint density at radius 1 is 0.500 bits per heavy atom. The minimum atomic E-state index is -0.706. The van der Waals surface area contributed by atoms with E-state index in [1.165, 1.54) is 135 Å². The third-order valence-electron chi connectivity index (χ3n) is 9.45. The van der Waals surface area contributed by atoms with Crippen LogP contribution < -0.4 is 0 Å². The molecule has 40 heavy (non-hydrogen) atoms. The fourth-order valence-corrected chi connectivity index (χ4v) is 6.13. The molecule has 240 valence electrons. The van der Waals surface area contributed by atoms with Crippen molar-refractivity contribution < 1.29 is 14.0 Å². The molecule has 0 N–H and O–H groups in total. The molecule has 0 aliphatic carbocycles. The largest absolute Gasteiger partial charge is 0.321 e. The number of carbonyl (C=O) groups excluding carboxylic acids is 1. The summed E-state index contributed by atoms with van der Waals surface area (Å²) in [7, 11) is 2.31. The van der Waals surface area contributed by atoms with Gasteiger partial charge in [0, 0.05) is 13.3 Å². The quantitative estimate of drug-likeness (QED) is 0.0460. The summed E-state index contributed by atoms with van der Waals surface area (Å²) in [6, 6.07) is 0. The van der Waals surface area contributed by atoms with Crippen LogP contribution in [0.4, 0.5) is 0 Å². The standard InChI is InChI=1S/C37H76NO2/c1-7-11-15-17-19-21-22-23-25-27-29-31-35-40-37(5,38(6,33-13-9-3)34-14-10-4)36(39)32-30-28-26-24-20-18-16-12-8-2/h7-35H2,1-6H3/q+1. The van der Waals surface area contributed by atoms with Crippen LogP contribution in [0.2, 0.25) is 0 Å². The van der Waals surface area contributed by atoms with Crippen molar-refractivity contribution in [1.82, 2.24) is 0 Å². The zero-order valence-corrected chi connectivity index (χ0v) is 28.8. The van der Waals surface area contributed by atoms with Gasteiger partial charge in [0.1, 0.15) is 0 Å². The van der Waals surface area contributed by atoms with Crippen molar-refractivity contribution in [2.75, 3.05) is 26.7 Å². The Hall–Kier alpha value is -0.410. The van der Waals surface area contributed by atoms with Gasteiger partial charge in [-0.15, -0.1) is 0 Å². The molecule has 0 bridgehead atoms. The smallest absolute Gasteiger partial charge is 0.260 e. The lowest BCUT2D eigenvalue weighted by molar-refractivity contribution is -0.971. The van der Waals surface area contributed by atoms with Gasteiger partial charge in [-0.25, -0.2) is 0 Å². The minimum Gasteiger partial charge on any atom is -0.321 e. The summed E-state index contributed by atoms with van der Waals surface area (Å²) in [4.78, 5) is 13.9. The van der Waals surface area contributed by atoms with Crippen molar-refractivity contribution in [2.45, 2.75) is 207 Å². The predicted octanol–water partition coefficient (Wildman–Crippen LogP) is 12.0. The van der Waals surface area contributed by atoms with E-state index < -0.39 is 5.72 Å². The number of carbonyl (C=O) groups is 1. The number of hydrogen-bond acceptors (Lipinski definition) is 2. The molecule has 1 unspecified atom stereocenters. The second-order valence-electron chi connectivity index (χ2n) is 13.3. The van der Waals surface area contributed by atoms with Gasteiger partial charge in [0.25, 0.3) is 5.72 Å². The summed E-state index contributed by atoms with van der Waals surface area (Å²) in [5, 5.41) is 0. The van der Waals surface area contributed by atoms with E-state index in [1.54, 1.807) is 0 Å². The highest BCUT2D eigenvalue weighted by atomic mass is 16.5. The van der Waals surface area contributed by atoms with Crippen LogP contribution in [-0.4, -0.2) is 42.7 Å². The molecular weight excluding hydrogens is 490 g/mol. The lowest BCUT2D eigenvalue weighted by Crippen LogP contribution is -2.66. The number of ketones is 1. The van der Waals surface area contributed by atoms with Gasteiger partial charge in [-0.1, -0.05) is 163 Å². The molecule has 0 fully saturated rings. The van der Waals surface area contributed by atoms with Crippen molar-refractivity contribution in [3.8, 4) is 0 Å². The van der Waals surface area contributed by atoms with Gasteiger partial charge < -0.3 is 4.74 Å². The van der Waals surface area contributed by atoms with E-state index in [9.17, 15) is 4.79 Å². The average Bonchev–Trinajstić information content (AvgIpc) is 2.96. The van der Waals surface area contributed by atoms with E-state index in [1.807, 2.05) is 0 Å². The Balaban J connectivity index is 4.66. The van der Waals surface area contributed by atoms with Crippen molar-refractivity contribution >= 4 is 5.78 Å². The SMILES string of the molecule is CCCCCCCCCCCCCCOC(C)(C(=O)CCCCCCCCCCC)[N+](C)(CCCC)CCCC. The number of ether oxygens (including phenoxy) is 1. The molecule has 0 amide bonds. The summed E-state index contributed by atoms with van der Waals surface area (Å²) < 4.78 is 7.45. The summed E-state index contributed by atoms with van der Waals surface area (Å²) in [5.41, 5.74) is -0.706.